The molecule has 0 bridgehead atoms. The summed E-state index contributed by atoms with van der Waals surface area (Å²) in [5, 5.41) is 0.616. The third-order valence-corrected chi connectivity index (χ3v) is 4.32. The number of esters is 1. The smallest absolute Gasteiger partial charge is 0.343 e. The maximum atomic E-state index is 11.6. The maximum Gasteiger partial charge on any atom is 0.343 e. The zero-order chi connectivity index (χ0) is 14.5. The van der Waals surface area contributed by atoms with Gasteiger partial charge >= 0.3 is 5.97 Å². The normalized spacial score (nSPS) is 19.2. The molecule has 0 aromatic carbocycles. The Bertz CT molecular complexity index is 483. The van der Waals surface area contributed by atoms with Crippen molar-refractivity contribution in [2.75, 3.05) is 38.2 Å². The molecule has 6 nitrogen and oxygen atoms in total. The highest BCUT2D eigenvalue weighted by Gasteiger charge is 2.20. The van der Waals surface area contributed by atoms with E-state index in [-0.39, 0.29) is 11.4 Å². The van der Waals surface area contributed by atoms with E-state index in [1.165, 1.54) is 12.6 Å². The van der Waals surface area contributed by atoms with Crippen LogP contribution < -0.4 is 5.73 Å². The number of nitrogen functional groups attached to an aromatic ring is 1. The number of hydrogen-bond donors (Lipinski definition) is 1. The van der Waals surface area contributed by atoms with E-state index >= 15 is 0 Å². The highest BCUT2D eigenvalue weighted by Crippen LogP contribution is 2.24. The van der Waals surface area contributed by atoms with Crippen molar-refractivity contribution in [1.29, 1.82) is 0 Å². The van der Waals surface area contributed by atoms with E-state index in [1.807, 2.05) is 0 Å². The molecule has 0 saturated carbocycles. The average Bonchev–Trinajstić information content (AvgIpc) is 2.82. The SMILES string of the molecule is CCOC(=O)c1cnc(SCC2CCN(C)C2)nc1N. The third-order valence-electron chi connectivity index (χ3n) is 3.23. The fourth-order valence-electron chi connectivity index (χ4n) is 2.17. The zero-order valence-corrected chi connectivity index (χ0v) is 12.7. The molecule has 1 saturated heterocycles. The average molecular weight is 296 g/mol. The molecule has 7 heteroatoms. The Morgan fingerprint density at radius 3 is 3.05 bits per heavy atom. The molecule has 2 heterocycles. The molecule has 1 aromatic rings. The van der Waals surface area contributed by atoms with Gasteiger partial charge in [-0.1, -0.05) is 11.8 Å². The van der Waals surface area contributed by atoms with Gasteiger partial charge in [-0.2, -0.15) is 0 Å². The predicted molar refractivity (Wildman–Crippen MR) is 78.7 cm³/mol. The molecule has 110 valence electrons. The molecular formula is C13H20N4O2S. The van der Waals surface area contributed by atoms with Crippen LogP contribution in [-0.4, -0.2) is 53.3 Å². The standard InChI is InChI=1S/C13H20N4O2S/c1-3-19-12(18)10-6-15-13(16-11(10)14)20-8-9-4-5-17(2)7-9/h6,9H,3-5,7-8H2,1-2H3,(H2,14,15,16). The summed E-state index contributed by atoms with van der Waals surface area (Å²) in [6, 6.07) is 0. The van der Waals surface area contributed by atoms with Gasteiger partial charge in [0.25, 0.3) is 0 Å². The fourth-order valence-corrected chi connectivity index (χ4v) is 3.12. The number of likely N-dealkylation sites (tertiary alicyclic amines) is 1. The van der Waals surface area contributed by atoms with Crippen LogP contribution in [0.25, 0.3) is 0 Å². The number of nitrogens with two attached hydrogens (primary N) is 1. The lowest BCUT2D eigenvalue weighted by Crippen LogP contribution is -2.15. The number of aromatic nitrogens is 2. The number of rotatable bonds is 5. The minimum Gasteiger partial charge on any atom is -0.462 e. The van der Waals surface area contributed by atoms with E-state index in [0.717, 1.165) is 18.8 Å². The molecule has 1 atom stereocenters. The highest BCUT2D eigenvalue weighted by atomic mass is 32.2. The first-order chi connectivity index (χ1) is 9.60. The highest BCUT2D eigenvalue weighted by molar-refractivity contribution is 7.99. The molecule has 1 aliphatic rings. The maximum absolute atomic E-state index is 11.6. The second kappa shape index (κ2) is 6.90. The van der Waals surface area contributed by atoms with Gasteiger partial charge in [0.2, 0.25) is 0 Å². The first-order valence-electron chi connectivity index (χ1n) is 6.71. The van der Waals surface area contributed by atoms with Crippen molar-refractivity contribution in [1.82, 2.24) is 14.9 Å². The van der Waals surface area contributed by atoms with E-state index < -0.39 is 5.97 Å². The summed E-state index contributed by atoms with van der Waals surface area (Å²) in [6.45, 7) is 4.32. The Morgan fingerprint density at radius 2 is 2.45 bits per heavy atom. The van der Waals surface area contributed by atoms with Gasteiger partial charge in [0.05, 0.1) is 6.61 Å². The van der Waals surface area contributed by atoms with Gasteiger partial charge in [-0.15, -0.1) is 0 Å². The lowest BCUT2D eigenvalue weighted by atomic mass is 10.2. The van der Waals surface area contributed by atoms with Crippen molar-refractivity contribution in [3.05, 3.63) is 11.8 Å². The summed E-state index contributed by atoms with van der Waals surface area (Å²) >= 11 is 1.59. The number of nitrogens with zero attached hydrogens (tertiary/aromatic N) is 3. The Balaban J connectivity index is 1.93. The van der Waals surface area contributed by atoms with Gasteiger partial charge in [0.1, 0.15) is 11.4 Å². The predicted octanol–water partition coefficient (Wildman–Crippen LogP) is 1.28. The Kier molecular flexibility index (Phi) is 5.19. The summed E-state index contributed by atoms with van der Waals surface area (Å²) in [7, 11) is 2.13. The third kappa shape index (κ3) is 3.83. The van der Waals surface area contributed by atoms with Crippen LogP contribution >= 0.6 is 11.8 Å². The number of hydrogen-bond acceptors (Lipinski definition) is 7. The molecule has 1 fully saturated rings. The van der Waals surface area contributed by atoms with Gasteiger partial charge in [-0.3, -0.25) is 0 Å². The molecule has 2 rings (SSSR count). The minimum absolute atomic E-state index is 0.185. The summed E-state index contributed by atoms with van der Waals surface area (Å²) in [4.78, 5) is 22.3. The van der Waals surface area contributed by atoms with Crippen molar-refractivity contribution in [3.63, 3.8) is 0 Å². The summed E-state index contributed by atoms with van der Waals surface area (Å²) in [5.41, 5.74) is 6.02. The van der Waals surface area contributed by atoms with Crippen LogP contribution in [0.2, 0.25) is 0 Å². The first-order valence-corrected chi connectivity index (χ1v) is 7.69. The molecule has 0 aliphatic carbocycles. The molecule has 0 amide bonds. The quantitative estimate of drug-likeness (QED) is 0.498. The monoisotopic (exact) mass is 296 g/mol. The van der Waals surface area contributed by atoms with Crippen LogP contribution in [0.3, 0.4) is 0 Å². The fraction of sp³-hybridized carbons (Fsp3) is 0.615. The van der Waals surface area contributed by atoms with Crippen LogP contribution in [0.5, 0.6) is 0 Å². The number of anilines is 1. The van der Waals surface area contributed by atoms with E-state index in [2.05, 4.69) is 21.9 Å². The second-order valence-corrected chi connectivity index (χ2v) is 5.89. The Hall–Kier alpha value is -1.34. The van der Waals surface area contributed by atoms with Gasteiger partial charge in [0, 0.05) is 18.5 Å². The Labute approximate surface area is 123 Å². The largest absolute Gasteiger partial charge is 0.462 e. The molecular weight excluding hydrogens is 276 g/mol. The summed E-state index contributed by atoms with van der Waals surface area (Å²) < 4.78 is 4.89. The van der Waals surface area contributed by atoms with Crippen LogP contribution in [0, 0.1) is 5.92 Å². The molecule has 1 unspecified atom stereocenters. The molecule has 2 N–H and O–H groups in total. The van der Waals surface area contributed by atoms with Crippen molar-refractivity contribution < 1.29 is 9.53 Å². The lowest BCUT2D eigenvalue weighted by molar-refractivity contribution is 0.0526. The molecule has 1 aliphatic heterocycles. The van der Waals surface area contributed by atoms with E-state index in [4.69, 9.17) is 10.5 Å². The molecule has 1 aromatic heterocycles. The van der Waals surface area contributed by atoms with Gasteiger partial charge in [-0.25, -0.2) is 14.8 Å². The lowest BCUT2D eigenvalue weighted by Gasteiger charge is -2.10. The van der Waals surface area contributed by atoms with Gasteiger partial charge in [-0.05, 0) is 32.9 Å². The molecule has 0 spiro atoms. The van der Waals surface area contributed by atoms with Gasteiger partial charge in [0.15, 0.2) is 5.16 Å². The summed E-state index contributed by atoms with van der Waals surface area (Å²) in [6.07, 6.45) is 2.66. The Morgan fingerprint density at radius 1 is 1.65 bits per heavy atom. The second-order valence-electron chi connectivity index (χ2n) is 4.90. The first kappa shape index (κ1) is 15.1. The number of thioether (sulfide) groups is 1. The molecule has 20 heavy (non-hydrogen) atoms. The number of carbonyl (C=O) groups excluding carboxylic acids is 1. The van der Waals surface area contributed by atoms with E-state index in [0.29, 0.717) is 17.7 Å². The van der Waals surface area contributed by atoms with Crippen molar-refractivity contribution in [2.24, 2.45) is 5.92 Å². The number of carbonyl (C=O) groups is 1. The van der Waals surface area contributed by atoms with Crippen molar-refractivity contribution >= 4 is 23.5 Å². The van der Waals surface area contributed by atoms with Crippen LogP contribution in [0.15, 0.2) is 11.4 Å². The summed E-state index contributed by atoms with van der Waals surface area (Å²) in [5.74, 6) is 1.35. The minimum atomic E-state index is -0.473. The zero-order valence-electron chi connectivity index (χ0n) is 11.8. The number of ether oxygens (including phenoxy) is 1. The molecule has 0 radical (unpaired) electrons. The van der Waals surface area contributed by atoms with Crippen molar-refractivity contribution in [3.8, 4) is 0 Å². The van der Waals surface area contributed by atoms with E-state index in [1.54, 1.807) is 18.7 Å². The van der Waals surface area contributed by atoms with Crippen LogP contribution in [-0.2, 0) is 4.74 Å². The van der Waals surface area contributed by atoms with Gasteiger partial charge < -0.3 is 15.4 Å². The van der Waals surface area contributed by atoms with Crippen LogP contribution in [0.1, 0.15) is 23.7 Å². The van der Waals surface area contributed by atoms with Crippen molar-refractivity contribution in [2.45, 2.75) is 18.5 Å². The topological polar surface area (TPSA) is 81.3 Å². The van der Waals surface area contributed by atoms with Crippen LogP contribution in [0.4, 0.5) is 5.82 Å². The van der Waals surface area contributed by atoms with E-state index in [9.17, 15) is 4.79 Å².